The first kappa shape index (κ1) is 21.0. The van der Waals surface area contributed by atoms with Gasteiger partial charge in [-0.2, -0.15) is 0 Å². The number of carbonyl (C=O) groups is 3. The van der Waals surface area contributed by atoms with Crippen LogP contribution in [0.3, 0.4) is 0 Å². The van der Waals surface area contributed by atoms with Gasteiger partial charge >= 0.3 is 12.0 Å². The Morgan fingerprint density at radius 1 is 0.964 bits per heavy atom. The second-order valence-corrected chi connectivity index (χ2v) is 6.06. The van der Waals surface area contributed by atoms with Gasteiger partial charge in [-0.25, -0.2) is 9.59 Å². The van der Waals surface area contributed by atoms with Crippen molar-refractivity contribution in [2.45, 2.75) is 39.0 Å². The molecule has 0 aliphatic rings. The van der Waals surface area contributed by atoms with Gasteiger partial charge in [-0.05, 0) is 31.0 Å². The van der Waals surface area contributed by atoms with Crippen LogP contribution >= 0.6 is 0 Å². The van der Waals surface area contributed by atoms with E-state index in [4.69, 9.17) is 9.47 Å². The number of ether oxygens (including phenoxy) is 2. The molecule has 0 aromatic heterocycles. The Morgan fingerprint density at radius 3 is 2.18 bits per heavy atom. The second-order valence-electron chi connectivity index (χ2n) is 6.06. The number of hydrogen-bond acceptors (Lipinski definition) is 5. The summed E-state index contributed by atoms with van der Waals surface area (Å²) >= 11 is 0. The van der Waals surface area contributed by atoms with Crippen LogP contribution in [0.25, 0.3) is 0 Å². The van der Waals surface area contributed by atoms with E-state index >= 15 is 0 Å². The molecule has 2 aromatic carbocycles. The molecule has 0 saturated heterocycles. The lowest BCUT2D eigenvalue weighted by Gasteiger charge is -2.19. The van der Waals surface area contributed by atoms with Gasteiger partial charge in [0.1, 0.15) is 5.75 Å². The van der Waals surface area contributed by atoms with E-state index < -0.39 is 30.1 Å². The summed E-state index contributed by atoms with van der Waals surface area (Å²) in [5.41, 5.74) is 0.897. The smallest absolute Gasteiger partial charge is 0.348 e. The number of esters is 1. The highest BCUT2D eigenvalue weighted by Crippen LogP contribution is 2.14. The average molecular weight is 384 g/mol. The number of carbonyl (C=O) groups excluding carboxylic acids is 3. The van der Waals surface area contributed by atoms with E-state index in [9.17, 15) is 14.4 Å². The lowest BCUT2D eigenvalue weighted by molar-refractivity contribution is -0.161. The molecule has 7 heteroatoms. The largest absolute Gasteiger partial charge is 0.479 e. The molecule has 0 aliphatic heterocycles. The van der Waals surface area contributed by atoms with E-state index in [0.717, 1.165) is 5.56 Å². The number of hydrogen-bond donors (Lipinski definition) is 2. The van der Waals surface area contributed by atoms with E-state index in [0.29, 0.717) is 12.2 Å². The van der Waals surface area contributed by atoms with Crippen molar-refractivity contribution in [3.8, 4) is 5.75 Å². The molecular formula is C21H24N2O5. The summed E-state index contributed by atoms with van der Waals surface area (Å²) in [6, 6.07) is 17.5. The Morgan fingerprint density at radius 2 is 1.57 bits per heavy atom. The SMILES string of the molecule is CC[C@H](Oc1ccccc1)C(=O)O[C@@H](C)C(=O)NC(=O)NCc1ccccc1. The molecular weight excluding hydrogens is 360 g/mol. The van der Waals surface area contributed by atoms with Gasteiger partial charge in [0, 0.05) is 6.54 Å². The van der Waals surface area contributed by atoms with Crippen LogP contribution in [0.15, 0.2) is 60.7 Å². The van der Waals surface area contributed by atoms with E-state index in [1.807, 2.05) is 36.4 Å². The standard InChI is InChI=1S/C21H24N2O5/c1-3-18(28-17-12-8-5-9-13-17)20(25)27-15(2)19(24)23-21(26)22-14-16-10-6-4-7-11-16/h4-13,15,18H,3,14H2,1-2H3,(H2,22,23,24,26)/t15-,18-/m0/s1. The van der Waals surface area contributed by atoms with Gasteiger partial charge in [0.05, 0.1) is 0 Å². The maximum atomic E-state index is 12.3. The lowest BCUT2D eigenvalue weighted by Crippen LogP contribution is -2.45. The Labute approximate surface area is 164 Å². The van der Waals surface area contributed by atoms with Crippen LogP contribution in [-0.2, 0) is 20.9 Å². The molecule has 0 fully saturated rings. The topological polar surface area (TPSA) is 93.7 Å². The van der Waals surface area contributed by atoms with Crippen LogP contribution < -0.4 is 15.4 Å². The Balaban J connectivity index is 1.79. The van der Waals surface area contributed by atoms with Crippen molar-refractivity contribution in [1.82, 2.24) is 10.6 Å². The lowest BCUT2D eigenvalue weighted by atomic mass is 10.2. The monoisotopic (exact) mass is 384 g/mol. The summed E-state index contributed by atoms with van der Waals surface area (Å²) in [5, 5.41) is 4.72. The van der Waals surface area contributed by atoms with Gasteiger partial charge < -0.3 is 14.8 Å². The van der Waals surface area contributed by atoms with Crippen molar-refractivity contribution >= 4 is 17.9 Å². The molecule has 2 rings (SSSR count). The third-order valence-electron chi connectivity index (χ3n) is 3.85. The van der Waals surface area contributed by atoms with Crippen LogP contribution in [-0.4, -0.2) is 30.1 Å². The first-order valence-corrected chi connectivity index (χ1v) is 9.04. The third kappa shape index (κ3) is 6.75. The zero-order valence-electron chi connectivity index (χ0n) is 15.9. The molecule has 3 amide bonds. The Hall–Kier alpha value is -3.35. The number of rotatable bonds is 8. The predicted molar refractivity (Wildman–Crippen MR) is 104 cm³/mol. The fourth-order valence-corrected chi connectivity index (χ4v) is 2.30. The highest BCUT2D eigenvalue weighted by Gasteiger charge is 2.26. The minimum atomic E-state index is -1.14. The van der Waals surface area contributed by atoms with E-state index in [2.05, 4.69) is 10.6 Å². The molecule has 0 spiro atoms. The molecule has 7 nitrogen and oxygen atoms in total. The molecule has 0 radical (unpaired) electrons. The molecule has 0 heterocycles. The molecule has 0 aliphatic carbocycles. The summed E-state index contributed by atoms with van der Waals surface area (Å²) in [7, 11) is 0. The highest BCUT2D eigenvalue weighted by atomic mass is 16.6. The number of imide groups is 1. The van der Waals surface area contributed by atoms with Crippen molar-refractivity contribution in [3.63, 3.8) is 0 Å². The summed E-state index contributed by atoms with van der Waals surface area (Å²) < 4.78 is 10.7. The molecule has 2 N–H and O–H groups in total. The average Bonchev–Trinajstić information content (AvgIpc) is 2.71. The van der Waals surface area contributed by atoms with Crippen molar-refractivity contribution in [2.75, 3.05) is 0 Å². The maximum Gasteiger partial charge on any atom is 0.348 e. The molecule has 2 aromatic rings. The maximum absolute atomic E-state index is 12.3. The number of urea groups is 1. The van der Waals surface area contributed by atoms with Gasteiger partial charge in [-0.3, -0.25) is 10.1 Å². The van der Waals surface area contributed by atoms with E-state index in [1.165, 1.54) is 6.92 Å². The van der Waals surface area contributed by atoms with Gasteiger partial charge in [0.25, 0.3) is 5.91 Å². The zero-order valence-corrected chi connectivity index (χ0v) is 15.9. The number of para-hydroxylation sites is 1. The summed E-state index contributed by atoms with van der Waals surface area (Å²) in [4.78, 5) is 36.2. The minimum absolute atomic E-state index is 0.275. The van der Waals surface area contributed by atoms with Crippen LogP contribution in [0.1, 0.15) is 25.8 Å². The minimum Gasteiger partial charge on any atom is -0.479 e. The number of amides is 3. The van der Waals surface area contributed by atoms with Crippen LogP contribution in [0.5, 0.6) is 5.75 Å². The molecule has 0 unspecified atom stereocenters. The normalized spacial score (nSPS) is 12.4. The van der Waals surface area contributed by atoms with Crippen LogP contribution in [0.4, 0.5) is 4.79 Å². The first-order chi connectivity index (χ1) is 13.5. The van der Waals surface area contributed by atoms with Crippen molar-refractivity contribution in [1.29, 1.82) is 0 Å². The van der Waals surface area contributed by atoms with Gasteiger partial charge in [-0.15, -0.1) is 0 Å². The van der Waals surface area contributed by atoms with E-state index in [-0.39, 0.29) is 6.54 Å². The fraction of sp³-hybridized carbons (Fsp3) is 0.286. The second kappa shape index (κ2) is 10.7. The summed E-state index contributed by atoms with van der Waals surface area (Å²) in [5.74, 6) is -0.851. The zero-order chi connectivity index (χ0) is 20.4. The Bertz CT molecular complexity index is 780. The van der Waals surface area contributed by atoms with Gasteiger partial charge in [-0.1, -0.05) is 55.5 Å². The molecule has 0 bridgehead atoms. The summed E-state index contributed by atoms with van der Waals surface area (Å²) in [6.45, 7) is 3.44. The van der Waals surface area contributed by atoms with Crippen molar-refractivity contribution in [2.24, 2.45) is 0 Å². The third-order valence-corrected chi connectivity index (χ3v) is 3.85. The molecule has 148 valence electrons. The van der Waals surface area contributed by atoms with Crippen LogP contribution in [0, 0.1) is 0 Å². The molecule has 0 saturated carbocycles. The molecule has 28 heavy (non-hydrogen) atoms. The van der Waals surface area contributed by atoms with Gasteiger partial charge in [0.15, 0.2) is 12.2 Å². The highest BCUT2D eigenvalue weighted by molar-refractivity contribution is 5.97. The van der Waals surface area contributed by atoms with Crippen LogP contribution in [0.2, 0.25) is 0 Å². The summed E-state index contributed by atoms with van der Waals surface area (Å²) in [6.07, 6.45) is -1.60. The fourth-order valence-electron chi connectivity index (χ4n) is 2.30. The van der Waals surface area contributed by atoms with Crippen molar-refractivity contribution in [3.05, 3.63) is 66.2 Å². The number of benzene rings is 2. The van der Waals surface area contributed by atoms with Gasteiger partial charge in [0.2, 0.25) is 0 Å². The van der Waals surface area contributed by atoms with Crippen molar-refractivity contribution < 1.29 is 23.9 Å². The predicted octanol–water partition coefficient (Wildman–Crippen LogP) is 2.80. The van der Waals surface area contributed by atoms with E-state index in [1.54, 1.807) is 31.2 Å². The molecule has 2 atom stereocenters. The quantitative estimate of drug-likeness (QED) is 0.683. The first-order valence-electron chi connectivity index (χ1n) is 9.04. The number of nitrogens with one attached hydrogen (secondary N) is 2. The Kier molecular flexibility index (Phi) is 8.02.